The van der Waals surface area contributed by atoms with Crippen LogP contribution in [-0.2, 0) is 15.9 Å². The molecule has 1 N–H and O–H groups in total. The summed E-state index contributed by atoms with van der Waals surface area (Å²) in [5.74, 6) is -0.316. The van der Waals surface area contributed by atoms with Gasteiger partial charge in [0.15, 0.2) is 0 Å². The van der Waals surface area contributed by atoms with E-state index in [1.165, 1.54) is 7.11 Å². The van der Waals surface area contributed by atoms with Crippen molar-refractivity contribution >= 4 is 16.9 Å². The Morgan fingerprint density at radius 1 is 1.39 bits per heavy atom. The van der Waals surface area contributed by atoms with Gasteiger partial charge in [-0.15, -0.1) is 0 Å². The Bertz CT molecular complexity index is 545. The first kappa shape index (κ1) is 12.6. The summed E-state index contributed by atoms with van der Waals surface area (Å²) in [6.45, 7) is 3.32. The summed E-state index contributed by atoms with van der Waals surface area (Å²) in [7, 11) is 1.39. The maximum atomic E-state index is 11.6. The van der Waals surface area contributed by atoms with E-state index in [0.717, 1.165) is 22.9 Å². The summed E-state index contributed by atoms with van der Waals surface area (Å²) in [6.07, 6.45) is 2.66. The number of ether oxygens (including phenoxy) is 2. The summed E-state index contributed by atoms with van der Waals surface area (Å²) in [5.41, 5.74) is 2.62. The first-order chi connectivity index (χ1) is 8.76. The second kappa shape index (κ2) is 5.69. The zero-order chi connectivity index (χ0) is 13.0. The lowest BCUT2D eigenvalue weighted by molar-refractivity contribution is 0.0600. The van der Waals surface area contributed by atoms with Crippen LogP contribution in [0.15, 0.2) is 24.4 Å². The van der Waals surface area contributed by atoms with Crippen LogP contribution < -0.4 is 0 Å². The second-order valence-electron chi connectivity index (χ2n) is 4.01. The van der Waals surface area contributed by atoms with Crippen molar-refractivity contribution in [3.63, 3.8) is 0 Å². The highest BCUT2D eigenvalue weighted by atomic mass is 16.5. The molecule has 0 saturated heterocycles. The number of hydrogen-bond donors (Lipinski definition) is 1. The molecule has 2 rings (SSSR count). The molecule has 1 aromatic heterocycles. The smallest absolute Gasteiger partial charge is 0.337 e. The molecule has 1 heterocycles. The molecule has 0 unspecified atom stereocenters. The number of benzene rings is 1. The Hall–Kier alpha value is -1.81. The van der Waals surface area contributed by atoms with Crippen LogP contribution >= 0.6 is 0 Å². The van der Waals surface area contributed by atoms with Gasteiger partial charge >= 0.3 is 5.97 Å². The molecule has 0 radical (unpaired) electrons. The fourth-order valence-electron chi connectivity index (χ4n) is 2.01. The molecule has 4 heteroatoms. The second-order valence-corrected chi connectivity index (χ2v) is 4.01. The molecule has 0 aliphatic rings. The lowest BCUT2D eigenvalue weighted by Gasteiger charge is -2.07. The highest BCUT2D eigenvalue weighted by Crippen LogP contribution is 2.21. The largest absolute Gasteiger partial charge is 0.465 e. The lowest BCUT2D eigenvalue weighted by atomic mass is 10.0. The monoisotopic (exact) mass is 247 g/mol. The minimum absolute atomic E-state index is 0.316. The van der Waals surface area contributed by atoms with Gasteiger partial charge in [0.1, 0.15) is 0 Å². The lowest BCUT2D eigenvalue weighted by Crippen LogP contribution is -2.04. The summed E-state index contributed by atoms with van der Waals surface area (Å²) >= 11 is 0. The number of nitrogens with one attached hydrogen (secondary N) is 1. The number of rotatable bonds is 5. The van der Waals surface area contributed by atoms with Crippen LogP contribution in [0.2, 0.25) is 0 Å². The van der Waals surface area contributed by atoms with Gasteiger partial charge in [-0.05, 0) is 37.1 Å². The fourth-order valence-corrected chi connectivity index (χ4v) is 2.01. The van der Waals surface area contributed by atoms with Crippen molar-refractivity contribution in [1.82, 2.24) is 4.98 Å². The topological polar surface area (TPSA) is 51.3 Å². The van der Waals surface area contributed by atoms with E-state index in [1.54, 1.807) is 0 Å². The third kappa shape index (κ3) is 2.54. The molecule has 0 aliphatic carbocycles. The molecule has 1 aromatic carbocycles. The number of methoxy groups -OCH3 is 1. The molecule has 0 fully saturated rings. The van der Waals surface area contributed by atoms with E-state index in [1.807, 2.05) is 31.3 Å². The highest BCUT2D eigenvalue weighted by Gasteiger charge is 2.11. The Labute approximate surface area is 106 Å². The Morgan fingerprint density at radius 3 is 2.94 bits per heavy atom. The third-order valence-electron chi connectivity index (χ3n) is 2.90. The minimum atomic E-state index is -0.316. The Balaban J connectivity index is 2.35. The first-order valence-electron chi connectivity index (χ1n) is 6.02. The predicted octanol–water partition coefficient (Wildman–Crippen LogP) is 2.53. The number of fused-ring (bicyclic) bond motifs is 1. The molecule has 96 valence electrons. The first-order valence-corrected chi connectivity index (χ1v) is 6.02. The van der Waals surface area contributed by atoms with Crippen LogP contribution in [0.25, 0.3) is 10.9 Å². The van der Waals surface area contributed by atoms with Crippen molar-refractivity contribution in [1.29, 1.82) is 0 Å². The standard InChI is InChI=1S/C14H17NO3/c1-3-18-7-5-10-8-11(14(16)17-2)9-13-12(10)4-6-15-13/h4,6,8-9,15H,3,5,7H2,1-2H3. The van der Waals surface area contributed by atoms with E-state index in [2.05, 4.69) is 4.98 Å². The van der Waals surface area contributed by atoms with Crippen LogP contribution in [0.4, 0.5) is 0 Å². The van der Waals surface area contributed by atoms with Crippen molar-refractivity contribution in [2.75, 3.05) is 20.3 Å². The zero-order valence-electron chi connectivity index (χ0n) is 10.7. The van der Waals surface area contributed by atoms with Crippen molar-refractivity contribution in [3.8, 4) is 0 Å². The van der Waals surface area contributed by atoms with E-state index in [4.69, 9.17) is 9.47 Å². The van der Waals surface area contributed by atoms with Gasteiger partial charge in [0.2, 0.25) is 0 Å². The van der Waals surface area contributed by atoms with Gasteiger partial charge in [-0.3, -0.25) is 0 Å². The van der Waals surface area contributed by atoms with E-state index in [9.17, 15) is 4.79 Å². The van der Waals surface area contributed by atoms with E-state index < -0.39 is 0 Å². The number of carbonyl (C=O) groups excluding carboxylic acids is 1. The summed E-state index contributed by atoms with van der Waals surface area (Å²) < 4.78 is 10.1. The van der Waals surface area contributed by atoms with Crippen LogP contribution in [0.3, 0.4) is 0 Å². The van der Waals surface area contributed by atoms with E-state index >= 15 is 0 Å². The fraction of sp³-hybridized carbons (Fsp3) is 0.357. The number of esters is 1. The van der Waals surface area contributed by atoms with Crippen molar-refractivity contribution in [2.45, 2.75) is 13.3 Å². The van der Waals surface area contributed by atoms with Gasteiger partial charge in [-0.2, -0.15) is 0 Å². The summed E-state index contributed by atoms with van der Waals surface area (Å²) in [5, 5.41) is 1.13. The van der Waals surface area contributed by atoms with Gasteiger partial charge < -0.3 is 14.5 Å². The Morgan fingerprint density at radius 2 is 2.22 bits per heavy atom. The zero-order valence-corrected chi connectivity index (χ0v) is 10.7. The molecular weight excluding hydrogens is 230 g/mol. The van der Waals surface area contributed by atoms with E-state index in [0.29, 0.717) is 18.8 Å². The van der Waals surface area contributed by atoms with Gasteiger partial charge in [-0.1, -0.05) is 0 Å². The van der Waals surface area contributed by atoms with Gasteiger partial charge in [0, 0.05) is 23.7 Å². The van der Waals surface area contributed by atoms with Gasteiger partial charge in [-0.25, -0.2) is 4.79 Å². The number of aromatic amines is 1. The molecule has 0 saturated carbocycles. The molecular formula is C14H17NO3. The molecule has 18 heavy (non-hydrogen) atoms. The highest BCUT2D eigenvalue weighted by molar-refractivity contribution is 5.95. The third-order valence-corrected chi connectivity index (χ3v) is 2.90. The van der Waals surface area contributed by atoms with Gasteiger partial charge in [0.25, 0.3) is 0 Å². The molecule has 0 bridgehead atoms. The summed E-state index contributed by atoms with van der Waals surface area (Å²) in [4.78, 5) is 14.7. The van der Waals surface area contributed by atoms with Crippen molar-refractivity contribution in [3.05, 3.63) is 35.5 Å². The van der Waals surface area contributed by atoms with E-state index in [-0.39, 0.29) is 5.97 Å². The number of hydrogen-bond acceptors (Lipinski definition) is 3. The van der Waals surface area contributed by atoms with Crippen molar-refractivity contribution in [2.24, 2.45) is 0 Å². The molecule has 0 spiro atoms. The molecule has 0 amide bonds. The average Bonchev–Trinajstić information content (AvgIpc) is 2.86. The van der Waals surface area contributed by atoms with Crippen LogP contribution in [0.5, 0.6) is 0 Å². The molecule has 0 atom stereocenters. The molecule has 0 aliphatic heterocycles. The maximum Gasteiger partial charge on any atom is 0.337 e. The SMILES string of the molecule is CCOCCc1cc(C(=O)OC)cc2[nH]ccc12. The summed E-state index contributed by atoms with van der Waals surface area (Å²) in [6, 6.07) is 5.70. The van der Waals surface area contributed by atoms with Gasteiger partial charge in [0.05, 0.1) is 19.3 Å². The van der Waals surface area contributed by atoms with Crippen molar-refractivity contribution < 1.29 is 14.3 Å². The van der Waals surface area contributed by atoms with Crippen LogP contribution in [0.1, 0.15) is 22.8 Å². The molecule has 2 aromatic rings. The predicted molar refractivity (Wildman–Crippen MR) is 69.8 cm³/mol. The van der Waals surface area contributed by atoms with Crippen LogP contribution in [0, 0.1) is 0 Å². The number of carbonyl (C=O) groups is 1. The average molecular weight is 247 g/mol. The normalized spacial score (nSPS) is 10.8. The molecule has 4 nitrogen and oxygen atoms in total. The maximum absolute atomic E-state index is 11.6. The Kier molecular flexibility index (Phi) is 3.99. The number of aromatic nitrogens is 1. The minimum Gasteiger partial charge on any atom is -0.465 e. The van der Waals surface area contributed by atoms with Crippen LogP contribution in [-0.4, -0.2) is 31.3 Å². The number of H-pyrrole nitrogens is 1. The quantitative estimate of drug-likeness (QED) is 0.652.